The number of aromatic nitrogens is 2. The molecule has 0 unspecified atom stereocenters. The highest BCUT2D eigenvalue weighted by Gasteiger charge is 2.01. The van der Waals surface area contributed by atoms with Gasteiger partial charge >= 0.3 is 0 Å². The van der Waals surface area contributed by atoms with Gasteiger partial charge in [-0.05, 0) is 24.1 Å². The third kappa shape index (κ3) is 3.74. The average Bonchev–Trinajstić information content (AvgIpc) is 2.47. The topological polar surface area (TPSA) is 85.1 Å². The maximum Gasteiger partial charge on any atom is 0.223 e. The molecule has 0 bridgehead atoms. The predicted molar refractivity (Wildman–Crippen MR) is 81.2 cm³/mol. The van der Waals surface area contributed by atoms with E-state index in [9.17, 15) is 0 Å². The van der Waals surface area contributed by atoms with Crippen LogP contribution in [0.1, 0.15) is 5.56 Å². The van der Waals surface area contributed by atoms with Crippen molar-refractivity contribution in [2.45, 2.75) is 6.42 Å². The molecule has 0 spiro atoms. The molecule has 106 valence electrons. The highest BCUT2D eigenvalue weighted by molar-refractivity contribution is 5.50. The van der Waals surface area contributed by atoms with Gasteiger partial charge in [-0.15, -0.1) is 0 Å². The van der Waals surface area contributed by atoms with Gasteiger partial charge in [0.1, 0.15) is 17.4 Å². The van der Waals surface area contributed by atoms with Crippen LogP contribution in [-0.2, 0) is 6.42 Å². The summed E-state index contributed by atoms with van der Waals surface area (Å²) >= 11 is 0. The second kappa shape index (κ2) is 6.60. The first-order chi connectivity index (χ1) is 9.71. The van der Waals surface area contributed by atoms with Gasteiger partial charge in [0.15, 0.2) is 0 Å². The van der Waals surface area contributed by atoms with Crippen molar-refractivity contribution in [3.8, 4) is 5.75 Å². The normalized spacial score (nSPS) is 10.1. The summed E-state index contributed by atoms with van der Waals surface area (Å²) in [6.45, 7) is 0.757. The van der Waals surface area contributed by atoms with Crippen LogP contribution in [0, 0.1) is 0 Å². The fourth-order valence-corrected chi connectivity index (χ4v) is 1.85. The zero-order valence-corrected chi connectivity index (χ0v) is 11.7. The molecule has 0 aliphatic heterocycles. The lowest BCUT2D eigenvalue weighted by Gasteiger charge is -2.08. The summed E-state index contributed by atoms with van der Waals surface area (Å²) in [7, 11) is 3.46. The monoisotopic (exact) mass is 273 g/mol. The summed E-state index contributed by atoms with van der Waals surface area (Å²) < 4.78 is 5.20. The second-order valence-corrected chi connectivity index (χ2v) is 4.27. The quantitative estimate of drug-likeness (QED) is 0.743. The van der Waals surface area contributed by atoms with Gasteiger partial charge in [-0.1, -0.05) is 12.1 Å². The minimum Gasteiger partial charge on any atom is -0.497 e. The maximum absolute atomic E-state index is 5.64. The zero-order chi connectivity index (χ0) is 14.4. The molecule has 0 radical (unpaired) electrons. The molecular formula is C14H19N5O. The molecule has 4 N–H and O–H groups in total. The van der Waals surface area contributed by atoms with Crippen LogP contribution >= 0.6 is 0 Å². The van der Waals surface area contributed by atoms with Crippen LogP contribution in [0.5, 0.6) is 5.75 Å². The lowest BCUT2D eigenvalue weighted by atomic mass is 10.1. The van der Waals surface area contributed by atoms with E-state index in [1.54, 1.807) is 14.2 Å². The lowest BCUT2D eigenvalue weighted by Crippen LogP contribution is -2.09. The molecule has 0 amide bonds. The number of hydrogen-bond donors (Lipinski definition) is 3. The van der Waals surface area contributed by atoms with Crippen molar-refractivity contribution in [3.05, 3.63) is 35.9 Å². The predicted octanol–water partition coefficient (Wildman–Crippen LogP) is 1.76. The Morgan fingerprint density at radius 2 is 2.00 bits per heavy atom. The van der Waals surface area contributed by atoms with E-state index >= 15 is 0 Å². The van der Waals surface area contributed by atoms with Crippen molar-refractivity contribution < 1.29 is 4.74 Å². The number of anilines is 3. The SMILES string of the molecule is CNc1cc(NCCc2cccc(OC)c2)nc(N)n1. The van der Waals surface area contributed by atoms with Crippen molar-refractivity contribution in [2.75, 3.05) is 37.1 Å². The van der Waals surface area contributed by atoms with Gasteiger partial charge in [0.25, 0.3) is 0 Å². The Morgan fingerprint density at radius 3 is 2.75 bits per heavy atom. The Bertz CT molecular complexity index is 573. The average molecular weight is 273 g/mol. The molecule has 2 aromatic rings. The van der Waals surface area contributed by atoms with Crippen LogP contribution in [0.3, 0.4) is 0 Å². The summed E-state index contributed by atoms with van der Waals surface area (Å²) in [5.74, 6) is 2.53. The van der Waals surface area contributed by atoms with Crippen molar-refractivity contribution in [1.82, 2.24) is 9.97 Å². The van der Waals surface area contributed by atoms with Gasteiger partial charge in [-0.3, -0.25) is 0 Å². The summed E-state index contributed by atoms with van der Waals surface area (Å²) in [6.07, 6.45) is 0.871. The van der Waals surface area contributed by atoms with Gasteiger partial charge in [0, 0.05) is 19.7 Å². The number of nitrogen functional groups attached to an aromatic ring is 1. The summed E-state index contributed by atoms with van der Waals surface area (Å²) in [5.41, 5.74) is 6.84. The fraction of sp³-hybridized carbons (Fsp3) is 0.286. The highest BCUT2D eigenvalue weighted by atomic mass is 16.5. The molecule has 0 aliphatic carbocycles. The van der Waals surface area contributed by atoms with Crippen LogP contribution in [0.4, 0.5) is 17.6 Å². The molecule has 1 aromatic carbocycles. The van der Waals surface area contributed by atoms with Crippen LogP contribution in [-0.4, -0.2) is 30.7 Å². The zero-order valence-electron chi connectivity index (χ0n) is 11.7. The Labute approximate surface area is 118 Å². The molecule has 2 rings (SSSR count). The number of benzene rings is 1. The van der Waals surface area contributed by atoms with Crippen molar-refractivity contribution >= 4 is 17.6 Å². The standard InChI is InChI=1S/C14H19N5O/c1-16-12-9-13(19-14(15)18-12)17-7-6-10-4-3-5-11(8-10)20-2/h3-5,8-9H,6-7H2,1-2H3,(H4,15,16,17,18,19). The number of ether oxygens (including phenoxy) is 1. The number of methoxy groups -OCH3 is 1. The van der Waals surface area contributed by atoms with Gasteiger partial charge in [0.05, 0.1) is 7.11 Å². The first-order valence-electron chi connectivity index (χ1n) is 6.40. The third-order valence-corrected chi connectivity index (χ3v) is 2.85. The van der Waals surface area contributed by atoms with E-state index in [0.29, 0.717) is 11.6 Å². The molecule has 6 nitrogen and oxygen atoms in total. The molecule has 0 aliphatic rings. The highest BCUT2D eigenvalue weighted by Crippen LogP contribution is 2.14. The third-order valence-electron chi connectivity index (χ3n) is 2.85. The molecule has 1 aromatic heterocycles. The second-order valence-electron chi connectivity index (χ2n) is 4.27. The van der Waals surface area contributed by atoms with Crippen molar-refractivity contribution in [1.29, 1.82) is 0 Å². The van der Waals surface area contributed by atoms with E-state index in [1.165, 1.54) is 5.56 Å². The van der Waals surface area contributed by atoms with Gasteiger partial charge in [-0.25, -0.2) is 0 Å². The Kier molecular flexibility index (Phi) is 4.60. The largest absolute Gasteiger partial charge is 0.497 e. The molecule has 0 saturated heterocycles. The maximum atomic E-state index is 5.64. The van der Waals surface area contributed by atoms with Crippen LogP contribution < -0.4 is 21.1 Å². The minimum absolute atomic E-state index is 0.251. The summed E-state index contributed by atoms with van der Waals surface area (Å²) in [6, 6.07) is 9.83. The molecule has 20 heavy (non-hydrogen) atoms. The summed E-state index contributed by atoms with van der Waals surface area (Å²) in [5, 5.41) is 6.18. The van der Waals surface area contributed by atoms with E-state index in [0.717, 1.165) is 18.7 Å². The molecule has 1 heterocycles. The van der Waals surface area contributed by atoms with Crippen molar-refractivity contribution in [2.24, 2.45) is 0 Å². The first-order valence-corrected chi connectivity index (χ1v) is 6.40. The van der Waals surface area contributed by atoms with Gasteiger partial charge in [0.2, 0.25) is 5.95 Å². The number of nitrogens with one attached hydrogen (secondary N) is 2. The molecule has 0 fully saturated rings. The Balaban J connectivity index is 1.93. The van der Waals surface area contributed by atoms with Gasteiger partial charge < -0.3 is 21.1 Å². The molecule has 0 atom stereocenters. The van der Waals surface area contributed by atoms with E-state index in [1.807, 2.05) is 24.3 Å². The molecular weight excluding hydrogens is 254 g/mol. The number of hydrogen-bond acceptors (Lipinski definition) is 6. The van der Waals surface area contributed by atoms with Crippen LogP contribution in [0.25, 0.3) is 0 Å². The molecule has 0 saturated carbocycles. The minimum atomic E-state index is 0.251. The molecule has 6 heteroatoms. The van der Waals surface area contributed by atoms with E-state index in [2.05, 4.69) is 26.7 Å². The lowest BCUT2D eigenvalue weighted by molar-refractivity contribution is 0.414. The smallest absolute Gasteiger partial charge is 0.223 e. The number of rotatable bonds is 6. The first kappa shape index (κ1) is 13.9. The summed E-state index contributed by atoms with van der Waals surface area (Å²) in [4.78, 5) is 8.18. The van der Waals surface area contributed by atoms with Crippen molar-refractivity contribution in [3.63, 3.8) is 0 Å². The Hall–Kier alpha value is -2.50. The van der Waals surface area contributed by atoms with E-state index in [-0.39, 0.29) is 5.95 Å². The Morgan fingerprint density at radius 1 is 1.20 bits per heavy atom. The van der Waals surface area contributed by atoms with Crippen LogP contribution in [0.15, 0.2) is 30.3 Å². The van der Waals surface area contributed by atoms with E-state index in [4.69, 9.17) is 10.5 Å². The number of nitrogens with two attached hydrogens (primary N) is 1. The van der Waals surface area contributed by atoms with Crippen LogP contribution in [0.2, 0.25) is 0 Å². The fourth-order valence-electron chi connectivity index (χ4n) is 1.85. The van der Waals surface area contributed by atoms with Gasteiger partial charge in [-0.2, -0.15) is 9.97 Å². The number of nitrogens with zero attached hydrogens (tertiary/aromatic N) is 2. The van der Waals surface area contributed by atoms with E-state index < -0.39 is 0 Å².